The number of nitrogens with one attached hydrogen (secondary N) is 1. The van der Waals surface area contributed by atoms with Crippen molar-refractivity contribution in [2.45, 2.75) is 6.18 Å². The van der Waals surface area contributed by atoms with Crippen molar-refractivity contribution in [3.05, 3.63) is 69.0 Å². The van der Waals surface area contributed by atoms with Gasteiger partial charge in [0.1, 0.15) is 22.2 Å². The number of amides is 1. The van der Waals surface area contributed by atoms with Crippen LogP contribution in [0.1, 0.15) is 25.7 Å². The lowest BCUT2D eigenvalue weighted by atomic mass is 10.0. The number of thiophene rings is 1. The van der Waals surface area contributed by atoms with Gasteiger partial charge in [-0.25, -0.2) is 14.8 Å². The smallest absolute Gasteiger partial charge is 0.433 e. The van der Waals surface area contributed by atoms with Crippen LogP contribution < -0.4 is 11.1 Å². The van der Waals surface area contributed by atoms with Crippen LogP contribution in [0.2, 0.25) is 5.02 Å². The number of ether oxygens (including phenoxy) is 1. The van der Waals surface area contributed by atoms with Crippen molar-refractivity contribution in [2.24, 2.45) is 0 Å². The summed E-state index contributed by atoms with van der Waals surface area (Å²) in [6.07, 6.45) is -4.77. The Morgan fingerprint density at radius 3 is 2.41 bits per heavy atom. The van der Waals surface area contributed by atoms with Gasteiger partial charge in [0.05, 0.1) is 12.6 Å². The molecule has 0 aliphatic carbocycles. The fourth-order valence-electron chi connectivity index (χ4n) is 3.19. The highest BCUT2D eigenvalue weighted by molar-refractivity contribution is 7.13. The average Bonchev–Trinajstić information content (AvgIpc) is 3.22. The molecule has 0 aliphatic heterocycles. The predicted octanol–water partition coefficient (Wildman–Crippen LogP) is 5.65. The largest absolute Gasteiger partial charge is 0.465 e. The van der Waals surface area contributed by atoms with E-state index < -0.39 is 23.7 Å². The lowest BCUT2D eigenvalue weighted by molar-refractivity contribution is -0.140. The number of carbonyl (C=O) groups is 2. The summed E-state index contributed by atoms with van der Waals surface area (Å²) in [7, 11) is 1.13. The quantitative estimate of drug-likeness (QED) is 0.346. The zero-order valence-electron chi connectivity index (χ0n) is 17.2. The van der Waals surface area contributed by atoms with Crippen LogP contribution in [0.5, 0.6) is 0 Å². The van der Waals surface area contributed by atoms with Crippen molar-refractivity contribution < 1.29 is 27.5 Å². The maximum Gasteiger partial charge on any atom is 0.433 e. The first-order valence-corrected chi connectivity index (χ1v) is 10.8. The molecule has 0 aliphatic rings. The number of pyridine rings is 2. The Hall–Kier alpha value is -3.70. The zero-order chi connectivity index (χ0) is 24.6. The molecule has 3 aromatic heterocycles. The molecule has 1 amide bonds. The second kappa shape index (κ2) is 8.92. The number of carbonyl (C=O) groups excluding carboxylic acids is 2. The Bertz CT molecular complexity index is 1420. The van der Waals surface area contributed by atoms with Crippen LogP contribution in [0.3, 0.4) is 0 Å². The first kappa shape index (κ1) is 23.5. The molecule has 1 aromatic carbocycles. The van der Waals surface area contributed by atoms with Crippen molar-refractivity contribution in [1.29, 1.82) is 0 Å². The number of nitrogen functional groups attached to an aromatic ring is 1. The molecule has 7 nitrogen and oxygen atoms in total. The van der Waals surface area contributed by atoms with Crippen LogP contribution in [-0.4, -0.2) is 29.0 Å². The van der Waals surface area contributed by atoms with Crippen LogP contribution in [0, 0.1) is 0 Å². The summed E-state index contributed by atoms with van der Waals surface area (Å²) in [6, 6.07) is 9.84. The van der Waals surface area contributed by atoms with Gasteiger partial charge in [0, 0.05) is 26.9 Å². The molecule has 0 bridgehead atoms. The SMILES string of the molecule is COC(=O)c1scc2c(-c3ccc(NC(=O)c4ccc(Cl)cc4)nc3N)cc(C(F)(F)F)nc12. The first-order valence-electron chi connectivity index (χ1n) is 9.50. The van der Waals surface area contributed by atoms with Gasteiger partial charge in [-0.15, -0.1) is 11.3 Å². The standard InChI is InChI=1S/C22H14ClF3N4O3S/c1-33-21(32)18-17-14(9-34-18)13(8-15(28-17)22(24,25)26)12-6-7-16(29-19(12)27)30-20(31)10-2-4-11(23)5-3-10/h2-9H,1H3,(H3,27,29,30,31). The van der Waals surface area contributed by atoms with E-state index in [0.717, 1.165) is 24.5 Å². The predicted molar refractivity (Wildman–Crippen MR) is 123 cm³/mol. The van der Waals surface area contributed by atoms with Crippen molar-refractivity contribution >= 4 is 57.4 Å². The summed E-state index contributed by atoms with van der Waals surface area (Å²) in [4.78, 5) is 32.1. The van der Waals surface area contributed by atoms with Gasteiger partial charge >= 0.3 is 12.1 Å². The third-order valence-corrected chi connectivity index (χ3v) is 5.99. The number of fused-ring (bicyclic) bond motifs is 1. The molecule has 34 heavy (non-hydrogen) atoms. The summed E-state index contributed by atoms with van der Waals surface area (Å²) < 4.78 is 45.3. The number of alkyl halides is 3. The van der Waals surface area contributed by atoms with Crippen LogP contribution in [0.4, 0.5) is 24.8 Å². The number of nitrogens with zero attached hydrogens (tertiary/aromatic N) is 2. The molecule has 12 heteroatoms. The van der Waals surface area contributed by atoms with E-state index in [1.807, 2.05) is 0 Å². The highest BCUT2D eigenvalue weighted by Crippen LogP contribution is 2.40. The van der Waals surface area contributed by atoms with Gasteiger partial charge in [-0.1, -0.05) is 11.6 Å². The number of methoxy groups -OCH3 is 1. The minimum atomic E-state index is -4.77. The van der Waals surface area contributed by atoms with Crippen molar-refractivity contribution in [3.63, 3.8) is 0 Å². The molecule has 174 valence electrons. The Labute approximate surface area is 199 Å². The number of nitrogens with two attached hydrogens (primary N) is 1. The fourth-order valence-corrected chi connectivity index (χ4v) is 4.24. The van der Waals surface area contributed by atoms with E-state index in [1.165, 1.54) is 29.6 Å². The minimum Gasteiger partial charge on any atom is -0.465 e. The number of benzene rings is 1. The van der Waals surface area contributed by atoms with E-state index in [1.54, 1.807) is 12.1 Å². The maximum absolute atomic E-state index is 13.5. The fraction of sp³-hybridized carbons (Fsp3) is 0.0909. The molecule has 3 heterocycles. The van der Waals surface area contributed by atoms with E-state index >= 15 is 0 Å². The van der Waals surface area contributed by atoms with Crippen LogP contribution >= 0.6 is 22.9 Å². The van der Waals surface area contributed by atoms with Crippen LogP contribution in [-0.2, 0) is 10.9 Å². The van der Waals surface area contributed by atoms with Crippen molar-refractivity contribution in [2.75, 3.05) is 18.2 Å². The van der Waals surface area contributed by atoms with Crippen LogP contribution in [0.25, 0.3) is 22.0 Å². The van der Waals surface area contributed by atoms with Crippen molar-refractivity contribution in [1.82, 2.24) is 9.97 Å². The van der Waals surface area contributed by atoms with Gasteiger partial charge in [0.25, 0.3) is 5.91 Å². The first-order chi connectivity index (χ1) is 16.1. The highest BCUT2D eigenvalue weighted by Gasteiger charge is 2.35. The monoisotopic (exact) mass is 506 g/mol. The summed E-state index contributed by atoms with van der Waals surface area (Å²) in [6.45, 7) is 0. The number of anilines is 2. The van der Waals surface area contributed by atoms with E-state index in [-0.39, 0.29) is 38.5 Å². The Kier molecular flexibility index (Phi) is 6.15. The van der Waals surface area contributed by atoms with Gasteiger partial charge < -0.3 is 15.8 Å². The maximum atomic E-state index is 13.5. The van der Waals surface area contributed by atoms with E-state index in [9.17, 15) is 22.8 Å². The second-order valence-electron chi connectivity index (χ2n) is 6.96. The molecule has 0 radical (unpaired) electrons. The normalized spacial score (nSPS) is 11.4. The number of hydrogen-bond acceptors (Lipinski definition) is 7. The number of rotatable bonds is 4. The number of hydrogen-bond donors (Lipinski definition) is 2. The van der Waals surface area contributed by atoms with Gasteiger partial charge in [-0.2, -0.15) is 13.2 Å². The zero-order valence-corrected chi connectivity index (χ0v) is 18.8. The molecule has 0 atom stereocenters. The Morgan fingerprint density at radius 2 is 1.79 bits per heavy atom. The molecular weight excluding hydrogens is 493 g/mol. The lowest BCUT2D eigenvalue weighted by Gasteiger charge is -2.13. The summed E-state index contributed by atoms with van der Waals surface area (Å²) in [5.74, 6) is -1.30. The molecule has 0 saturated heterocycles. The summed E-state index contributed by atoms with van der Waals surface area (Å²) in [5.41, 5.74) is 5.30. The number of esters is 1. The van der Waals surface area contributed by atoms with Crippen LogP contribution in [0.15, 0.2) is 47.8 Å². The topological polar surface area (TPSA) is 107 Å². The van der Waals surface area contributed by atoms with Gasteiger partial charge in [0.15, 0.2) is 0 Å². The minimum absolute atomic E-state index is 0.0665. The third-order valence-electron chi connectivity index (χ3n) is 4.79. The van der Waals surface area contributed by atoms with E-state index in [2.05, 4.69) is 20.0 Å². The highest BCUT2D eigenvalue weighted by atomic mass is 35.5. The molecule has 0 unspecified atom stereocenters. The molecule has 0 fully saturated rings. The summed E-state index contributed by atoms with van der Waals surface area (Å²) >= 11 is 6.73. The van der Waals surface area contributed by atoms with E-state index in [0.29, 0.717) is 10.6 Å². The number of aromatic nitrogens is 2. The van der Waals surface area contributed by atoms with Gasteiger partial charge in [-0.05, 0) is 48.0 Å². The molecule has 4 aromatic rings. The molecule has 0 spiro atoms. The van der Waals surface area contributed by atoms with E-state index in [4.69, 9.17) is 17.3 Å². The lowest BCUT2D eigenvalue weighted by Crippen LogP contribution is -2.13. The molecular formula is C22H14ClF3N4O3S. The second-order valence-corrected chi connectivity index (χ2v) is 8.28. The van der Waals surface area contributed by atoms with Crippen molar-refractivity contribution in [3.8, 4) is 11.1 Å². The Balaban J connectivity index is 1.76. The third kappa shape index (κ3) is 4.52. The van der Waals surface area contributed by atoms with Gasteiger partial charge in [0.2, 0.25) is 0 Å². The molecule has 3 N–H and O–H groups in total. The average molecular weight is 507 g/mol. The molecule has 0 saturated carbocycles. The number of halogens is 4. The Morgan fingerprint density at radius 1 is 1.09 bits per heavy atom. The van der Waals surface area contributed by atoms with Gasteiger partial charge in [-0.3, -0.25) is 4.79 Å². The summed E-state index contributed by atoms with van der Waals surface area (Å²) in [5, 5.41) is 4.82. The molecule has 4 rings (SSSR count).